The van der Waals surface area contributed by atoms with E-state index in [0.29, 0.717) is 25.0 Å². The van der Waals surface area contributed by atoms with Gasteiger partial charge in [0.1, 0.15) is 22.7 Å². The number of benzene rings is 2. The first-order valence-corrected chi connectivity index (χ1v) is 11.2. The number of nitrogens with two attached hydrogens (primary N) is 1. The molecule has 0 aliphatic carbocycles. The van der Waals surface area contributed by atoms with E-state index in [2.05, 4.69) is 5.32 Å². The molecule has 1 saturated heterocycles. The summed E-state index contributed by atoms with van der Waals surface area (Å²) in [5.41, 5.74) is 3.31. The van der Waals surface area contributed by atoms with Crippen LogP contribution in [0.3, 0.4) is 0 Å². The molecule has 3 N–H and O–H groups in total. The highest BCUT2D eigenvalue weighted by Gasteiger charge is 2.41. The topological polar surface area (TPSA) is 76.8 Å². The number of alkyl carbamates (subject to hydrolysis) is 1. The van der Waals surface area contributed by atoms with Gasteiger partial charge in [-0.15, -0.1) is 0 Å². The molecule has 0 radical (unpaired) electrons. The Labute approximate surface area is 204 Å². The second-order valence-corrected chi connectivity index (χ2v) is 9.51. The van der Waals surface area contributed by atoms with Crippen molar-refractivity contribution in [3.63, 3.8) is 0 Å². The van der Waals surface area contributed by atoms with Gasteiger partial charge in [-0.05, 0) is 51.7 Å². The molecule has 1 atom stereocenters. The number of ether oxygens (including phenoxy) is 2. The maximum atomic E-state index is 14.2. The van der Waals surface area contributed by atoms with E-state index >= 15 is 0 Å². The molecule has 0 unspecified atom stereocenters. The number of halogens is 6. The van der Waals surface area contributed by atoms with E-state index in [-0.39, 0.29) is 31.2 Å². The van der Waals surface area contributed by atoms with Gasteiger partial charge in [-0.1, -0.05) is 0 Å². The van der Waals surface area contributed by atoms with Crippen LogP contribution in [0, 0.1) is 23.4 Å². The van der Waals surface area contributed by atoms with Gasteiger partial charge in [0.05, 0.1) is 11.4 Å². The summed E-state index contributed by atoms with van der Waals surface area (Å²) in [5, 5.41) is 2.62. The van der Waals surface area contributed by atoms with Crippen LogP contribution in [0.15, 0.2) is 24.3 Å². The van der Waals surface area contributed by atoms with Crippen molar-refractivity contribution in [3.8, 4) is 11.5 Å². The lowest BCUT2D eigenvalue weighted by molar-refractivity contribution is -0.138. The predicted molar refractivity (Wildman–Crippen MR) is 121 cm³/mol. The molecule has 1 aliphatic rings. The van der Waals surface area contributed by atoms with Crippen LogP contribution in [0.1, 0.15) is 39.2 Å². The van der Waals surface area contributed by atoms with Crippen molar-refractivity contribution in [2.75, 3.05) is 30.3 Å². The van der Waals surface area contributed by atoms with Crippen LogP contribution in [-0.2, 0) is 10.9 Å². The van der Waals surface area contributed by atoms with E-state index in [0.717, 1.165) is 12.1 Å². The number of alkyl halides is 3. The highest BCUT2D eigenvalue weighted by Crippen LogP contribution is 2.48. The molecule has 2 aromatic carbocycles. The lowest BCUT2D eigenvalue weighted by atomic mass is 9.96. The summed E-state index contributed by atoms with van der Waals surface area (Å²) in [4.78, 5) is 13.4. The van der Waals surface area contributed by atoms with Crippen LogP contribution in [0.2, 0.25) is 0 Å². The number of nitrogens with zero attached hydrogens (tertiary/aromatic N) is 1. The van der Waals surface area contributed by atoms with Crippen molar-refractivity contribution >= 4 is 17.5 Å². The highest BCUT2D eigenvalue weighted by atomic mass is 19.4. The van der Waals surface area contributed by atoms with Gasteiger partial charge in [-0.3, -0.25) is 0 Å². The number of carbonyl (C=O) groups excluding carboxylic acids is 1. The average Bonchev–Trinajstić information content (AvgIpc) is 2.73. The summed E-state index contributed by atoms with van der Waals surface area (Å²) in [6.07, 6.45) is -4.51. The molecule has 0 bridgehead atoms. The molecule has 0 saturated carbocycles. The molecule has 3 rings (SSSR count). The van der Waals surface area contributed by atoms with Gasteiger partial charge in [0.2, 0.25) is 0 Å². The van der Waals surface area contributed by atoms with Crippen LogP contribution < -0.4 is 20.7 Å². The van der Waals surface area contributed by atoms with Crippen molar-refractivity contribution in [1.82, 2.24) is 5.32 Å². The summed E-state index contributed by atoms with van der Waals surface area (Å²) in [7, 11) is 0. The van der Waals surface area contributed by atoms with Gasteiger partial charge < -0.3 is 25.4 Å². The number of piperidine rings is 1. The number of anilines is 2. The van der Waals surface area contributed by atoms with E-state index in [1.54, 1.807) is 20.8 Å². The Kier molecular flexibility index (Phi) is 7.85. The molecule has 1 amide bonds. The Morgan fingerprint density at radius 3 is 2.36 bits per heavy atom. The Morgan fingerprint density at radius 1 is 1.14 bits per heavy atom. The third kappa shape index (κ3) is 6.67. The summed E-state index contributed by atoms with van der Waals surface area (Å²) in [6, 6.07) is 2.60. The number of amides is 1. The highest BCUT2D eigenvalue weighted by molar-refractivity contribution is 5.76. The maximum absolute atomic E-state index is 14.2. The SMILES string of the molecule is CC(C)(C)OC(=O)NC[C@@H]1CCCN(c2c(N)ccc(Oc3c(F)cc(F)cc3F)c2C(F)(F)F)C1. The molecule has 0 aromatic heterocycles. The smallest absolute Gasteiger partial charge is 0.422 e. The van der Waals surface area contributed by atoms with Gasteiger partial charge >= 0.3 is 12.3 Å². The molecule has 12 heteroatoms. The van der Waals surface area contributed by atoms with Crippen molar-refractivity contribution in [1.29, 1.82) is 0 Å². The Morgan fingerprint density at radius 2 is 1.78 bits per heavy atom. The minimum atomic E-state index is -5.01. The van der Waals surface area contributed by atoms with Crippen LogP contribution >= 0.6 is 0 Å². The van der Waals surface area contributed by atoms with Gasteiger partial charge in [0.25, 0.3) is 0 Å². The summed E-state index contributed by atoms with van der Waals surface area (Å²) < 4.78 is 94.3. The van der Waals surface area contributed by atoms with Gasteiger partial charge in [0.15, 0.2) is 17.4 Å². The number of hydrogen-bond donors (Lipinski definition) is 2. The molecule has 1 fully saturated rings. The Balaban J connectivity index is 1.91. The number of carbonyl (C=O) groups is 1. The number of hydrogen-bond acceptors (Lipinski definition) is 5. The zero-order chi connectivity index (χ0) is 26.8. The normalized spacial score (nSPS) is 16.6. The van der Waals surface area contributed by atoms with Gasteiger partial charge in [0, 0.05) is 31.8 Å². The zero-order valence-electron chi connectivity index (χ0n) is 19.9. The standard InChI is InChI=1S/C24H27F6N3O3/c1-23(2,3)36-22(34)32-11-13-5-4-8-33(12-13)20-17(31)6-7-18(19(20)24(28,29)30)35-21-15(26)9-14(25)10-16(21)27/h6-7,9-10,13H,4-5,8,11-12,31H2,1-3H3,(H,32,34)/t13-/m0/s1. The molecule has 198 valence electrons. The number of nitrogen functional groups attached to an aromatic ring is 1. The molecule has 36 heavy (non-hydrogen) atoms. The van der Waals surface area contributed by atoms with Crippen molar-refractivity contribution in [2.24, 2.45) is 5.92 Å². The minimum absolute atomic E-state index is 0.117. The fraction of sp³-hybridized carbons (Fsp3) is 0.458. The first-order chi connectivity index (χ1) is 16.7. The fourth-order valence-electron chi connectivity index (χ4n) is 4.00. The second kappa shape index (κ2) is 10.4. The Bertz CT molecular complexity index is 1090. The average molecular weight is 519 g/mol. The molecule has 1 heterocycles. The van der Waals surface area contributed by atoms with Crippen molar-refractivity contribution < 1.29 is 40.6 Å². The lowest BCUT2D eigenvalue weighted by Crippen LogP contribution is -2.43. The van der Waals surface area contributed by atoms with E-state index in [1.165, 1.54) is 4.90 Å². The summed E-state index contributed by atoms with van der Waals surface area (Å²) in [5.74, 6) is -6.51. The van der Waals surface area contributed by atoms with E-state index in [1.807, 2.05) is 0 Å². The zero-order valence-corrected chi connectivity index (χ0v) is 19.9. The van der Waals surface area contributed by atoms with Crippen LogP contribution in [0.4, 0.5) is 42.5 Å². The van der Waals surface area contributed by atoms with Gasteiger partial charge in [-0.2, -0.15) is 13.2 Å². The van der Waals surface area contributed by atoms with Crippen molar-refractivity contribution in [3.05, 3.63) is 47.3 Å². The van der Waals surface area contributed by atoms with Crippen LogP contribution in [-0.4, -0.2) is 31.3 Å². The quantitative estimate of drug-likeness (QED) is 0.361. The van der Waals surface area contributed by atoms with E-state index in [9.17, 15) is 31.1 Å². The molecule has 0 spiro atoms. The molecule has 2 aromatic rings. The van der Waals surface area contributed by atoms with Crippen LogP contribution in [0.25, 0.3) is 0 Å². The lowest BCUT2D eigenvalue weighted by Gasteiger charge is -2.37. The maximum Gasteiger partial charge on any atom is 0.422 e. The van der Waals surface area contributed by atoms with Crippen LogP contribution in [0.5, 0.6) is 11.5 Å². The molecule has 6 nitrogen and oxygen atoms in total. The summed E-state index contributed by atoms with van der Waals surface area (Å²) in [6.45, 7) is 5.61. The van der Waals surface area contributed by atoms with Gasteiger partial charge in [-0.25, -0.2) is 18.0 Å². The van der Waals surface area contributed by atoms with E-state index in [4.69, 9.17) is 15.2 Å². The fourth-order valence-corrected chi connectivity index (χ4v) is 4.00. The summed E-state index contributed by atoms with van der Waals surface area (Å²) >= 11 is 0. The third-order valence-electron chi connectivity index (χ3n) is 5.40. The first-order valence-electron chi connectivity index (χ1n) is 11.2. The Hall–Kier alpha value is -3.31. The predicted octanol–water partition coefficient (Wildman–Crippen LogP) is 6.24. The minimum Gasteiger partial charge on any atom is -0.450 e. The largest absolute Gasteiger partial charge is 0.450 e. The van der Waals surface area contributed by atoms with E-state index < -0.39 is 58.1 Å². The van der Waals surface area contributed by atoms with Crippen molar-refractivity contribution in [2.45, 2.75) is 45.4 Å². The molecular formula is C24H27F6N3O3. The second-order valence-electron chi connectivity index (χ2n) is 9.51. The third-order valence-corrected chi connectivity index (χ3v) is 5.40. The number of rotatable bonds is 5. The first kappa shape index (κ1) is 27.3. The molecular weight excluding hydrogens is 492 g/mol. The number of nitrogens with one attached hydrogen (secondary N) is 1. The molecule has 1 aliphatic heterocycles. The monoisotopic (exact) mass is 519 g/mol.